The van der Waals surface area contributed by atoms with Gasteiger partial charge in [-0.15, -0.1) is 11.3 Å². The number of hydrogen-bond acceptors (Lipinski definition) is 5. The van der Waals surface area contributed by atoms with E-state index in [1.165, 1.54) is 24.3 Å². The number of hydrazone groups is 1. The maximum Gasteiger partial charge on any atom is 0.290 e. The third kappa shape index (κ3) is 3.35. The van der Waals surface area contributed by atoms with Gasteiger partial charge in [0, 0.05) is 24.2 Å². The fourth-order valence-corrected chi connectivity index (χ4v) is 4.22. The van der Waals surface area contributed by atoms with Crippen LogP contribution in [0.3, 0.4) is 0 Å². The van der Waals surface area contributed by atoms with Gasteiger partial charge in [-0.1, -0.05) is 6.07 Å². The Balaban J connectivity index is 1.44. The summed E-state index contributed by atoms with van der Waals surface area (Å²) in [5, 5.41) is 5.40. The summed E-state index contributed by atoms with van der Waals surface area (Å²) in [5.41, 5.74) is 4.57. The van der Waals surface area contributed by atoms with E-state index >= 15 is 0 Å². The van der Waals surface area contributed by atoms with E-state index in [2.05, 4.69) is 26.5 Å². The van der Waals surface area contributed by atoms with Gasteiger partial charge < -0.3 is 4.90 Å². The van der Waals surface area contributed by atoms with Crippen molar-refractivity contribution in [3.8, 4) is 0 Å². The third-order valence-corrected chi connectivity index (χ3v) is 5.64. The van der Waals surface area contributed by atoms with E-state index in [1.807, 2.05) is 37.4 Å². The number of pyridine rings is 1. The van der Waals surface area contributed by atoms with Gasteiger partial charge in [0.2, 0.25) is 0 Å². The molecule has 0 atom stereocenters. The van der Waals surface area contributed by atoms with Crippen LogP contribution in [0.5, 0.6) is 0 Å². The van der Waals surface area contributed by atoms with Crippen molar-refractivity contribution in [2.45, 2.75) is 26.2 Å². The molecule has 1 fully saturated rings. The number of carbonyl (C=O) groups is 1. The smallest absolute Gasteiger partial charge is 0.290 e. The van der Waals surface area contributed by atoms with E-state index in [4.69, 9.17) is 0 Å². The normalized spacial score (nSPS) is 15.0. The van der Waals surface area contributed by atoms with Crippen molar-refractivity contribution in [3.63, 3.8) is 0 Å². The Morgan fingerprint density at radius 1 is 1.23 bits per heavy atom. The van der Waals surface area contributed by atoms with Crippen LogP contribution in [0.4, 0.5) is 5.00 Å². The Morgan fingerprint density at radius 3 is 2.92 bits per heavy atom. The number of aryl methyl sites for hydroxylation is 1. The number of nitrogens with one attached hydrogen (secondary N) is 1. The van der Waals surface area contributed by atoms with Crippen LogP contribution in [0.25, 0.3) is 5.65 Å². The number of aromatic nitrogens is 2. The molecule has 134 valence electrons. The molecular weight excluding hydrogens is 346 g/mol. The second kappa shape index (κ2) is 7.29. The lowest BCUT2D eigenvalue weighted by molar-refractivity contribution is 0.0948. The molecule has 0 aromatic carbocycles. The maximum absolute atomic E-state index is 12.5. The summed E-state index contributed by atoms with van der Waals surface area (Å²) in [6.45, 7) is 4.08. The monoisotopic (exact) mass is 367 g/mol. The summed E-state index contributed by atoms with van der Waals surface area (Å²) in [7, 11) is 0. The molecule has 0 radical (unpaired) electrons. The van der Waals surface area contributed by atoms with E-state index in [0.29, 0.717) is 11.4 Å². The lowest BCUT2D eigenvalue weighted by Gasteiger charge is -2.27. The van der Waals surface area contributed by atoms with Crippen molar-refractivity contribution < 1.29 is 4.79 Å². The number of amides is 1. The van der Waals surface area contributed by atoms with Gasteiger partial charge in [0.25, 0.3) is 5.91 Å². The van der Waals surface area contributed by atoms with Crippen LogP contribution in [0.2, 0.25) is 0 Å². The molecule has 3 aromatic heterocycles. The predicted octanol–water partition coefficient (Wildman–Crippen LogP) is 3.46. The first-order valence-corrected chi connectivity index (χ1v) is 9.66. The SMILES string of the molecule is Cc1nc2ccccn2c1C(=O)N/N=C/c1ccc(N2CCCCC2)s1. The quantitative estimate of drug-likeness (QED) is 0.567. The zero-order chi connectivity index (χ0) is 17.9. The molecule has 0 unspecified atom stereocenters. The first kappa shape index (κ1) is 16.8. The highest BCUT2D eigenvalue weighted by atomic mass is 32.1. The van der Waals surface area contributed by atoms with Gasteiger partial charge in [-0.05, 0) is 50.5 Å². The Labute approximate surface area is 156 Å². The summed E-state index contributed by atoms with van der Waals surface area (Å²) in [4.78, 5) is 20.3. The summed E-state index contributed by atoms with van der Waals surface area (Å²) >= 11 is 1.70. The van der Waals surface area contributed by atoms with Crippen LogP contribution in [0.1, 0.15) is 40.3 Å². The minimum atomic E-state index is -0.259. The van der Waals surface area contributed by atoms with Gasteiger partial charge in [0.15, 0.2) is 0 Å². The molecule has 1 saturated heterocycles. The molecule has 0 spiro atoms. The van der Waals surface area contributed by atoms with Crippen LogP contribution in [-0.2, 0) is 0 Å². The van der Waals surface area contributed by atoms with Crippen molar-refractivity contribution in [2.24, 2.45) is 5.10 Å². The van der Waals surface area contributed by atoms with Gasteiger partial charge >= 0.3 is 0 Å². The van der Waals surface area contributed by atoms with Gasteiger partial charge in [0.1, 0.15) is 11.3 Å². The zero-order valence-electron chi connectivity index (χ0n) is 14.7. The maximum atomic E-state index is 12.5. The summed E-state index contributed by atoms with van der Waals surface area (Å²) < 4.78 is 1.78. The lowest BCUT2D eigenvalue weighted by Crippen LogP contribution is -2.28. The molecule has 0 aliphatic carbocycles. The number of fused-ring (bicyclic) bond motifs is 1. The van der Waals surface area contributed by atoms with Crippen molar-refractivity contribution in [2.75, 3.05) is 18.0 Å². The number of carbonyl (C=O) groups excluding carboxylic acids is 1. The number of rotatable bonds is 4. The van der Waals surface area contributed by atoms with Crippen molar-refractivity contribution in [1.82, 2.24) is 14.8 Å². The second-order valence-corrected chi connectivity index (χ2v) is 7.49. The minimum absolute atomic E-state index is 0.259. The van der Waals surface area contributed by atoms with Gasteiger partial charge in [-0.3, -0.25) is 9.20 Å². The molecule has 0 bridgehead atoms. The molecule has 7 heteroatoms. The highest BCUT2D eigenvalue weighted by molar-refractivity contribution is 7.17. The standard InChI is InChI=1S/C19H21N5OS/c1-14-18(24-12-6-3-7-16(24)21-14)19(25)22-20-13-15-8-9-17(26-15)23-10-4-2-5-11-23/h3,6-9,12-13H,2,4-5,10-11H2,1H3,(H,22,25)/b20-13+. The van der Waals surface area contributed by atoms with Crippen molar-refractivity contribution in [1.29, 1.82) is 0 Å². The topological polar surface area (TPSA) is 62.0 Å². The molecule has 3 aromatic rings. The van der Waals surface area contributed by atoms with Crippen LogP contribution in [-0.4, -0.2) is 34.6 Å². The first-order chi connectivity index (χ1) is 12.7. The Morgan fingerprint density at radius 2 is 2.08 bits per heavy atom. The van der Waals surface area contributed by atoms with Crippen molar-refractivity contribution in [3.05, 3.63) is 52.8 Å². The Bertz CT molecular complexity index is 952. The molecule has 4 rings (SSSR count). The summed E-state index contributed by atoms with van der Waals surface area (Å²) in [6.07, 6.45) is 7.38. The number of anilines is 1. The van der Waals surface area contributed by atoms with Crippen LogP contribution in [0, 0.1) is 6.92 Å². The Kier molecular flexibility index (Phi) is 4.71. The van der Waals surface area contributed by atoms with Crippen LogP contribution < -0.4 is 10.3 Å². The summed E-state index contributed by atoms with van der Waals surface area (Å²) in [5.74, 6) is -0.259. The van der Waals surface area contributed by atoms with E-state index in [0.717, 1.165) is 23.6 Å². The van der Waals surface area contributed by atoms with E-state index in [-0.39, 0.29) is 5.91 Å². The summed E-state index contributed by atoms with van der Waals surface area (Å²) in [6, 6.07) is 9.83. The molecule has 4 heterocycles. The second-order valence-electron chi connectivity index (χ2n) is 6.40. The van der Waals surface area contributed by atoms with Crippen molar-refractivity contribution >= 4 is 34.1 Å². The number of hydrogen-bond donors (Lipinski definition) is 1. The fraction of sp³-hybridized carbons (Fsp3) is 0.316. The predicted molar refractivity (Wildman–Crippen MR) is 105 cm³/mol. The molecule has 1 amide bonds. The van der Waals surface area contributed by atoms with Gasteiger partial charge in [-0.2, -0.15) is 5.10 Å². The largest absolute Gasteiger partial charge is 0.363 e. The molecule has 1 aliphatic heterocycles. The molecule has 6 nitrogen and oxygen atoms in total. The number of thiophene rings is 1. The fourth-order valence-electron chi connectivity index (χ4n) is 3.29. The molecular formula is C19H21N5OS. The molecule has 0 saturated carbocycles. The highest BCUT2D eigenvalue weighted by Gasteiger charge is 2.16. The third-order valence-electron chi connectivity index (χ3n) is 4.56. The van der Waals surface area contributed by atoms with E-state index in [9.17, 15) is 4.79 Å². The highest BCUT2D eigenvalue weighted by Crippen LogP contribution is 2.27. The first-order valence-electron chi connectivity index (χ1n) is 8.84. The van der Waals surface area contributed by atoms with Gasteiger partial charge in [0.05, 0.1) is 16.9 Å². The molecule has 1 N–H and O–H groups in total. The number of imidazole rings is 1. The minimum Gasteiger partial charge on any atom is -0.363 e. The number of piperidine rings is 1. The average molecular weight is 367 g/mol. The molecule has 1 aliphatic rings. The van der Waals surface area contributed by atoms with Crippen LogP contribution >= 0.6 is 11.3 Å². The molecule has 26 heavy (non-hydrogen) atoms. The Hall–Kier alpha value is -2.67. The lowest BCUT2D eigenvalue weighted by atomic mass is 10.1. The average Bonchev–Trinajstić information content (AvgIpc) is 3.26. The zero-order valence-corrected chi connectivity index (χ0v) is 15.5. The van der Waals surface area contributed by atoms with E-state index < -0.39 is 0 Å². The van der Waals surface area contributed by atoms with Gasteiger partial charge in [-0.25, -0.2) is 10.4 Å². The van der Waals surface area contributed by atoms with Crippen LogP contribution in [0.15, 0.2) is 41.6 Å². The van der Waals surface area contributed by atoms with E-state index in [1.54, 1.807) is 22.0 Å². The number of nitrogens with zero attached hydrogens (tertiary/aromatic N) is 4.